The van der Waals surface area contributed by atoms with Crippen molar-refractivity contribution in [2.24, 2.45) is 11.7 Å². The van der Waals surface area contributed by atoms with Crippen LogP contribution in [0.2, 0.25) is 0 Å². The number of halogens is 1. The van der Waals surface area contributed by atoms with E-state index < -0.39 is 35.4 Å². The van der Waals surface area contributed by atoms with Gasteiger partial charge in [0.05, 0.1) is 11.7 Å². The van der Waals surface area contributed by atoms with Crippen molar-refractivity contribution < 1.29 is 24.6 Å². The molecule has 0 fully saturated rings. The second kappa shape index (κ2) is 9.08. The molecule has 0 aliphatic heterocycles. The van der Waals surface area contributed by atoms with Crippen molar-refractivity contribution in [1.29, 1.82) is 0 Å². The Hall–Kier alpha value is -1.54. The predicted octanol–water partition coefficient (Wildman–Crippen LogP) is 1.12. The quantitative estimate of drug-likeness (QED) is 0.341. The Bertz CT molecular complexity index is 534. The summed E-state index contributed by atoms with van der Waals surface area (Å²) in [4.78, 5) is 11.7. The fourth-order valence-corrected chi connectivity index (χ4v) is 2.49. The minimum Gasteiger partial charge on any atom is -0.391 e. The molecule has 0 aromatic heterocycles. The summed E-state index contributed by atoms with van der Waals surface area (Å²) in [5.74, 6) is -1.74. The first kappa shape index (κ1) is 20.5. The number of nitrogens with two attached hydrogens (primary N) is 1. The van der Waals surface area contributed by atoms with Crippen molar-refractivity contribution in [3.8, 4) is 0 Å². The first-order chi connectivity index (χ1) is 11.1. The average molecular weight is 342 g/mol. The SMILES string of the molecule is CC(C)(O)CC[C@H](C[C@H](O)[C@@H](N)Cc1ccccc1F)C(=O)NO. The minimum absolute atomic E-state index is 0.0120. The Balaban J connectivity index is 2.67. The van der Waals surface area contributed by atoms with Crippen LogP contribution in [0.15, 0.2) is 24.3 Å². The third kappa shape index (κ3) is 6.92. The van der Waals surface area contributed by atoms with E-state index in [0.29, 0.717) is 12.0 Å². The predicted molar refractivity (Wildman–Crippen MR) is 87.7 cm³/mol. The van der Waals surface area contributed by atoms with Gasteiger partial charge in [0.2, 0.25) is 5.91 Å². The van der Waals surface area contributed by atoms with Crippen molar-refractivity contribution >= 4 is 5.91 Å². The first-order valence-corrected chi connectivity index (χ1v) is 7.97. The van der Waals surface area contributed by atoms with Crippen molar-refractivity contribution in [2.75, 3.05) is 0 Å². The molecule has 0 bridgehead atoms. The van der Waals surface area contributed by atoms with Gasteiger partial charge < -0.3 is 15.9 Å². The van der Waals surface area contributed by atoms with E-state index in [2.05, 4.69) is 0 Å². The van der Waals surface area contributed by atoms with E-state index in [-0.39, 0.29) is 19.3 Å². The molecule has 0 aliphatic rings. The maximum absolute atomic E-state index is 13.6. The largest absolute Gasteiger partial charge is 0.391 e. The molecule has 0 aliphatic carbocycles. The Morgan fingerprint density at radius 3 is 2.54 bits per heavy atom. The van der Waals surface area contributed by atoms with Crippen molar-refractivity contribution in [3.05, 3.63) is 35.6 Å². The third-order valence-corrected chi connectivity index (χ3v) is 4.02. The molecule has 1 aromatic rings. The summed E-state index contributed by atoms with van der Waals surface area (Å²) >= 11 is 0. The molecule has 6 N–H and O–H groups in total. The summed E-state index contributed by atoms with van der Waals surface area (Å²) in [6.07, 6.45) is -0.307. The topological polar surface area (TPSA) is 116 Å². The Kier molecular flexibility index (Phi) is 7.75. The molecule has 7 heteroatoms. The molecule has 3 atom stereocenters. The molecule has 0 spiro atoms. The molecule has 0 unspecified atom stereocenters. The van der Waals surface area contributed by atoms with Crippen LogP contribution in [0.5, 0.6) is 0 Å². The van der Waals surface area contributed by atoms with Gasteiger partial charge in [-0.3, -0.25) is 10.0 Å². The van der Waals surface area contributed by atoms with Crippen LogP contribution in [-0.2, 0) is 11.2 Å². The van der Waals surface area contributed by atoms with Gasteiger partial charge in [0.15, 0.2) is 0 Å². The lowest BCUT2D eigenvalue weighted by Crippen LogP contribution is -2.41. The lowest BCUT2D eigenvalue weighted by Gasteiger charge is -2.25. The summed E-state index contributed by atoms with van der Waals surface area (Å²) in [5.41, 5.74) is 6.93. The van der Waals surface area contributed by atoms with E-state index in [1.54, 1.807) is 37.5 Å². The molecule has 0 saturated heterocycles. The molecule has 1 rings (SSSR count). The number of aliphatic hydroxyl groups is 2. The summed E-state index contributed by atoms with van der Waals surface area (Å²) < 4.78 is 13.6. The number of benzene rings is 1. The number of hydrogen-bond donors (Lipinski definition) is 5. The standard InChI is InChI=1S/C17H27FN2O4/c1-17(2,23)8-7-12(16(22)20-24)10-15(21)14(19)9-11-5-3-4-6-13(11)18/h3-6,12,14-15,21,23-24H,7-10,19H2,1-2H3,(H,20,22)/t12-,14+,15+/m1/s1. The van der Waals surface area contributed by atoms with Gasteiger partial charge >= 0.3 is 0 Å². The number of rotatable bonds is 9. The van der Waals surface area contributed by atoms with Crippen LogP contribution in [0, 0.1) is 11.7 Å². The normalized spacial score (nSPS) is 15.6. The van der Waals surface area contributed by atoms with E-state index in [1.807, 2.05) is 0 Å². The zero-order chi connectivity index (χ0) is 18.3. The molecular formula is C17H27FN2O4. The average Bonchev–Trinajstić information content (AvgIpc) is 2.51. The summed E-state index contributed by atoms with van der Waals surface area (Å²) in [6, 6.07) is 5.41. The number of hydroxylamine groups is 1. The van der Waals surface area contributed by atoms with Crippen LogP contribution >= 0.6 is 0 Å². The van der Waals surface area contributed by atoms with Gasteiger partial charge in [-0.2, -0.15) is 0 Å². The molecule has 0 heterocycles. The van der Waals surface area contributed by atoms with Gasteiger partial charge in [0.25, 0.3) is 0 Å². The van der Waals surface area contributed by atoms with Crippen LogP contribution < -0.4 is 11.2 Å². The first-order valence-electron chi connectivity index (χ1n) is 7.97. The number of carbonyl (C=O) groups excluding carboxylic acids is 1. The summed E-state index contributed by atoms with van der Waals surface area (Å²) in [5, 5.41) is 28.8. The van der Waals surface area contributed by atoms with Gasteiger partial charge in [-0.15, -0.1) is 0 Å². The van der Waals surface area contributed by atoms with Crippen LogP contribution in [0.3, 0.4) is 0 Å². The van der Waals surface area contributed by atoms with Crippen molar-refractivity contribution in [1.82, 2.24) is 5.48 Å². The fraction of sp³-hybridized carbons (Fsp3) is 0.588. The van der Waals surface area contributed by atoms with E-state index in [0.717, 1.165) is 0 Å². The highest BCUT2D eigenvalue weighted by Gasteiger charge is 2.27. The highest BCUT2D eigenvalue weighted by atomic mass is 19.1. The maximum atomic E-state index is 13.6. The van der Waals surface area contributed by atoms with Crippen molar-refractivity contribution in [3.63, 3.8) is 0 Å². The molecule has 1 amide bonds. The Morgan fingerprint density at radius 1 is 1.38 bits per heavy atom. The molecule has 0 saturated carbocycles. The molecule has 0 radical (unpaired) electrons. The van der Waals surface area contributed by atoms with Gasteiger partial charge in [-0.05, 0) is 51.2 Å². The molecule has 6 nitrogen and oxygen atoms in total. The van der Waals surface area contributed by atoms with Gasteiger partial charge in [0.1, 0.15) is 5.82 Å². The Labute approximate surface area is 141 Å². The number of amides is 1. The van der Waals surface area contributed by atoms with E-state index in [9.17, 15) is 19.4 Å². The lowest BCUT2D eigenvalue weighted by molar-refractivity contribution is -0.135. The van der Waals surface area contributed by atoms with Crippen LogP contribution in [0.4, 0.5) is 4.39 Å². The molecule has 136 valence electrons. The number of nitrogens with one attached hydrogen (secondary N) is 1. The van der Waals surface area contributed by atoms with Crippen molar-refractivity contribution in [2.45, 2.75) is 57.3 Å². The van der Waals surface area contributed by atoms with Crippen LogP contribution in [-0.4, -0.2) is 39.1 Å². The van der Waals surface area contributed by atoms with Gasteiger partial charge in [-0.25, -0.2) is 9.87 Å². The van der Waals surface area contributed by atoms with Gasteiger partial charge in [0, 0.05) is 12.0 Å². The fourth-order valence-electron chi connectivity index (χ4n) is 2.49. The smallest absolute Gasteiger partial charge is 0.246 e. The second-order valence-corrected chi connectivity index (χ2v) is 6.79. The highest BCUT2D eigenvalue weighted by Crippen LogP contribution is 2.22. The minimum atomic E-state index is -1.05. The summed E-state index contributed by atoms with van der Waals surface area (Å²) in [7, 11) is 0. The van der Waals surface area contributed by atoms with E-state index in [4.69, 9.17) is 10.9 Å². The summed E-state index contributed by atoms with van der Waals surface area (Å²) in [6.45, 7) is 3.22. The second-order valence-electron chi connectivity index (χ2n) is 6.79. The third-order valence-electron chi connectivity index (χ3n) is 4.02. The Morgan fingerprint density at radius 2 is 2.00 bits per heavy atom. The number of carbonyl (C=O) groups is 1. The lowest BCUT2D eigenvalue weighted by atomic mass is 9.88. The van der Waals surface area contributed by atoms with Crippen LogP contribution in [0.1, 0.15) is 38.7 Å². The molecular weight excluding hydrogens is 315 g/mol. The zero-order valence-corrected chi connectivity index (χ0v) is 14.1. The zero-order valence-electron chi connectivity index (χ0n) is 14.1. The van der Waals surface area contributed by atoms with Gasteiger partial charge in [-0.1, -0.05) is 18.2 Å². The number of aliphatic hydroxyl groups excluding tert-OH is 1. The maximum Gasteiger partial charge on any atom is 0.246 e. The van der Waals surface area contributed by atoms with E-state index >= 15 is 0 Å². The van der Waals surface area contributed by atoms with E-state index in [1.165, 1.54) is 6.07 Å². The number of hydrogen-bond acceptors (Lipinski definition) is 5. The highest BCUT2D eigenvalue weighted by molar-refractivity contribution is 5.77. The molecule has 1 aromatic carbocycles. The molecule has 24 heavy (non-hydrogen) atoms. The van der Waals surface area contributed by atoms with Crippen LogP contribution in [0.25, 0.3) is 0 Å². The monoisotopic (exact) mass is 342 g/mol.